The number of carbonyl (C=O) groups excluding carboxylic acids is 1. The number of esters is 1. The van der Waals surface area contributed by atoms with Crippen molar-refractivity contribution in [2.24, 2.45) is 56.7 Å². The zero-order chi connectivity index (χ0) is 32.6. The Labute approximate surface area is 269 Å². The van der Waals surface area contributed by atoms with Crippen LogP contribution < -0.4 is 0 Å². The number of aliphatic carboxylic acids is 1. The molecule has 0 radical (unpaired) electrons. The van der Waals surface area contributed by atoms with Gasteiger partial charge in [0.05, 0.1) is 12.0 Å². The van der Waals surface area contributed by atoms with Crippen LogP contribution in [0.15, 0.2) is 42.0 Å². The highest BCUT2D eigenvalue weighted by Crippen LogP contribution is 2.75. The van der Waals surface area contributed by atoms with Crippen molar-refractivity contribution in [3.05, 3.63) is 47.6 Å². The van der Waals surface area contributed by atoms with Crippen LogP contribution in [0.1, 0.15) is 105 Å². The Morgan fingerprint density at radius 3 is 2.33 bits per heavy atom. The first-order valence-electron chi connectivity index (χ1n) is 17.3. The number of fused-ring (bicyclic) bond motifs is 7. The highest BCUT2D eigenvalue weighted by Gasteiger charge is 2.70. The van der Waals surface area contributed by atoms with Crippen molar-refractivity contribution < 1.29 is 29.6 Å². The van der Waals surface area contributed by atoms with Crippen molar-refractivity contribution in [3.8, 4) is 5.75 Å². The molecule has 4 fully saturated rings. The van der Waals surface area contributed by atoms with Gasteiger partial charge in [0.2, 0.25) is 0 Å². The first-order valence-corrected chi connectivity index (χ1v) is 17.3. The Kier molecular flexibility index (Phi) is 7.90. The lowest BCUT2D eigenvalue weighted by molar-refractivity contribution is -0.216. The molecule has 5 aliphatic carbocycles. The summed E-state index contributed by atoms with van der Waals surface area (Å²) in [6.45, 7) is 14.3. The van der Waals surface area contributed by atoms with E-state index in [0.29, 0.717) is 18.4 Å². The topological polar surface area (TPSA) is 104 Å². The van der Waals surface area contributed by atoms with Crippen molar-refractivity contribution in [1.29, 1.82) is 0 Å². The van der Waals surface area contributed by atoms with Gasteiger partial charge in [0.25, 0.3) is 0 Å². The number of carboxylic acids is 1. The van der Waals surface area contributed by atoms with Gasteiger partial charge in [-0.1, -0.05) is 65.3 Å². The molecule has 0 spiro atoms. The lowest BCUT2D eigenvalue weighted by atomic mass is 9.33. The summed E-state index contributed by atoms with van der Waals surface area (Å²) in [4.78, 5) is 25.8. The number of benzene rings is 1. The second-order valence-corrected chi connectivity index (χ2v) is 16.9. The number of phenolic OH excluding ortho intramolecular Hbond substituents is 1. The third-order valence-corrected chi connectivity index (χ3v) is 14.7. The van der Waals surface area contributed by atoms with Crippen molar-refractivity contribution in [2.45, 2.75) is 105 Å². The fourth-order valence-corrected chi connectivity index (χ4v) is 12.1. The van der Waals surface area contributed by atoms with Gasteiger partial charge in [-0.3, -0.25) is 4.79 Å². The second-order valence-electron chi connectivity index (χ2n) is 16.9. The molecule has 6 rings (SSSR count). The van der Waals surface area contributed by atoms with Gasteiger partial charge in [-0.15, -0.1) is 0 Å². The van der Waals surface area contributed by atoms with Crippen LogP contribution in [0.2, 0.25) is 0 Å². The lowest BCUT2D eigenvalue weighted by Crippen LogP contribution is -2.66. The van der Waals surface area contributed by atoms with E-state index in [1.165, 1.54) is 11.6 Å². The van der Waals surface area contributed by atoms with Gasteiger partial charge in [-0.2, -0.15) is 0 Å². The Balaban J connectivity index is 1.40. The quantitative estimate of drug-likeness (QED) is 0.175. The van der Waals surface area contributed by atoms with E-state index in [1.54, 1.807) is 30.3 Å². The largest absolute Gasteiger partial charge is 0.508 e. The van der Waals surface area contributed by atoms with Crippen molar-refractivity contribution in [2.75, 3.05) is 6.61 Å². The summed E-state index contributed by atoms with van der Waals surface area (Å²) < 4.78 is 6.28. The molecule has 6 heteroatoms. The van der Waals surface area contributed by atoms with Gasteiger partial charge in [0.15, 0.2) is 0 Å². The molecule has 246 valence electrons. The molecule has 6 nitrogen and oxygen atoms in total. The van der Waals surface area contributed by atoms with E-state index < -0.39 is 5.97 Å². The summed E-state index contributed by atoms with van der Waals surface area (Å²) >= 11 is 0. The number of aromatic hydroxyl groups is 1. The molecule has 3 N–H and O–H groups in total. The Morgan fingerprint density at radius 2 is 1.64 bits per heavy atom. The molecule has 10 atom stereocenters. The van der Waals surface area contributed by atoms with E-state index in [0.717, 1.165) is 63.4 Å². The molecule has 1 aromatic rings. The molecule has 0 aliphatic heterocycles. The Hall–Kier alpha value is -2.60. The van der Waals surface area contributed by atoms with Gasteiger partial charge in [-0.25, -0.2) is 4.79 Å². The van der Waals surface area contributed by atoms with E-state index in [2.05, 4.69) is 47.6 Å². The van der Waals surface area contributed by atoms with Gasteiger partial charge in [-0.05, 0) is 127 Å². The first-order chi connectivity index (χ1) is 21.1. The number of carboxylic acid groups (broad SMARTS) is 1. The summed E-state index contributed by atoms with van der Waals surface area (Å²) in [6.07, 6.45) is 13.8. The molecule has 0 amide bonds. The summed E-state index contributed by atoms with van der Waals surface area (Å²) in [6, 6.07) is 6.72. The van der Waals surface area contributed by atoms with Crippen LogP contribution in [0, 0.1) is 56.7 Å². The van der Waals surface area contributed by atoms with E-state index in [-0.39, 0.29) is 62.7 Å². The maximum Gasteiger partial charge on any atom is 0.330 e. The zero-order valence-corrected chi connectivity index (χ0v) is 28.1. The molecule has 0 aromatic heterocycles. The van der Waals surface area contributed by atoms with Crippen LogP contribution in [0.5, 0.6) is 5.75 Å². The number of hydrogen-bond acceptors (Lipinski definition) is 5. The molecule has 0 saturated heterocycles. The summed E-state index contributed by atoms with van der Waals surface area (Å²) in [5.41, 5.74) is 1.60. The highest BCUT2D eigenvalue weighted by molar-refractivity contribution is 5.87. The number of rotatable bonds is 5. The van der Waals surface area contributed by atoms with Crippen molar-refractivity contribution in [3.63, 3.8) is 0 Å². The van der Waals surface area contributed by atoms with E-state index in [4.69, 9.17) is 4.74 Å². The number of allylic oxidation sites excluding steroid dienone is 1. The standard InChI is InChI=1S/C39H54O6/c1-24-27(34(43)44)15-18-36(4)21-22-39(23-45-32(42)14-9-25-7-10-26(40)11-8-25)28(33(24)36)12-13-30-37(5)19-17-31(41)35(2,3)29(37)16-20-38(30,39)6/h7-12,14,24,27,29-31,33,40-41H,13,15-23H2,1-6H3,(H,43,44). The Morgan fingerprint density at radius 1 is 0.933 bits per heavy atom. The monoisotopic (exact) mass is 618 g/mol. The maximum absolute atomic E-state index is 13.3. The number of hydrogen-bond donors (Lipinski definition) is 3. The number of ether oxygens (including phenoxy) is 1. The molecule has 0 heterocycles. The first kappa shape index (κ1) is 32.3. The molecule has 0 bridgehead atoms. The van der Waals surface area contributed by atoms with Crippen LogP contribution in [-0.4, -0.2) is 40.0 Å². The minimum atomic E-state index is -0.692. The third kappa shape index (κ3) is 4.83. The molecule has 4 saturated carbocycles. The average Bonchev–Trinajstić information content (AvgIpc) is 2.97. The van der Waals surface area contributed by atoms with Gasteiger partial charge in [0, 0.05) is 11.5 Å². The highest BCUT2D eigenvalue weighted by atomic mass is 16.5. The molecular formula is C39H54O6. The van der Waals surface area contributed by atoms with Crippen LogP contribution >= 0.6 is 0 Å². The zero-order valence-electron chi connectivity index (χ0n) is 28.1. The number of aliphatic hydroxyl groups is 1. The smallest absolute Gasteiger partial charge is 0.330 e. The average molecular weight is 619 g/mol. The van der Waals surface area contributed by atoms with E-state index >= 15 is 0 Å². The molecule has 1 aromatic carbocycles. The van der Waals surface area contributed by atoms with E-state index in [9.17, 15) is 24.9 Å². The number of carbonyl (C=O) groups is 2. The van der Waals surface area contributed by atoms with Crippen LogP contribution in [0.4, 0.5) is 0 Å². The third-order valence-electron chi connectivity index (χ3n) is 14.7. The number of phenols is 1. The minimum absolute atomic E-state index is 0.00751. The molecule has 10 unspecified atom stereocenters. The van der Waals surface area contributed by atoms with Crippen LogP contribution in [-0.2, 0) is 14.3 Å². The van der Waals surface area contributed by atoms with Crippen molar-refractivity contribution >= 4 is 18.0 Å². The molecule has 45 heavy (non-hydrogen) atoms. The lowest BCUT2D eigenvalue weighted by Gasteiger charge is -2.71. The van der Waals surface area contributed by atoms with Gasteiger partial charge < -0.3 is 20.1 Å². The summed E-state index contributed by atoms with van der Waals surface area (Å²) in [5.74, 6) is -0.319. The molecule has 5 aliphatic rings. The minimum Gasteiger partial charge on any atom is -0.508 e. The fourth-order valence-electron chi connectivity index (χ4n) is 12.1. The fraction of sp³-hybridized carbons (Fsp3) is 0.692. The van der Waals surface area contributed by atoms with Gasteiger partial charge in [0.1, 0.15) is 12.4 Å². The predicted octanol–water partition coefficient (Wildman–Crippen LogP) is 8.03. The second kappa shape index (κ2) is 11.0. The summed E-state index contributed by atoms with van der Waals surface area (Å²) in [7, 11) is 0. The van der Waals surface area contributed by atoms with E-state index in [1.807, 2.05) is 0 Å². The van der Waals surface area contributed by atoms with Crippen LogP contribution in [0.3, 0.4) is 0 Å². The normalized spacial score (nSPS) is 43.7. The predicted molar refractivity (Wildman–Crippen MR) is 175 cm³/mol. The maximum atomic E-state index is 13.3. The molecular weight excluding hydrogens is 564 g/mol. The Bertz CT molecular complexity index is 1390. The van der Waals surface area contributed by atoms with Gasteiger partial charge >= 0.3 is 11.9 Å². The SMILES string of the molecule is CC1C(C(=O)O)CCC2(C)CCC3(COC(=O)C=Cc4ccc(O)cc4)C(=CCC4C5(C)CCC(O)C(C)(C)C5CCC43C)C12. The summed E-state index contributed by atoms with van der Waals surface area (Å²) in [5, 5.41) is 31.0. The van der Waals surface area contributed by atoms with Crippen LogP contribution in [0.25, 0.3) is 6.08 Å². The van der Waals surface area contributed by atoms with Crippen molar-refractivity contribution in [1.82, 2.24) is 0 Å². The number of aliphatic hydroxyl groups excluding tert-OH is 1.